The third-order valence-corrected chi connectivity index (χ3v) is 13.3. The minimum absolute atomic E-state index is 0.102. The van der Waals surface area contributed by atoms with E-state index in [0.29, 0.717) is 34.7 Å². The number of anilines is 2. The number of benzene rings is 3. The lowest BCUT2D eigenvalue weighted by atomic mass is 10.1. The Morgan fingerprint density at radius 3 is 2.05 bits per heavy atom. The van der Waals surface area contributed by atoms with Gasteiger partial charge in [-0.25, -0.2) is 9.88 Å². The number of aromatic nitrogens is 1. The number of hydrogen-bond donors (Lipinski definition) is 1. The monoisotopic (exact) mass is 813 g/mol. The number of halogens is 4. The van der Waals surface area contributed by atoms with Crippen molar-refractivity contribution in [2.24, 2.45) is 0 Å². The predicted molar refractivity (Wildman–Crippen MR) is 173 cm³/mol. The molecule has 1 atom stereocenters. The number of nitrogens with one attached hydrogen (secondary N) is 1. The fourth-order valence-electron chi connectivity index (χ4n) is 4.47. The average molecular weight is 817 g/mol. The van der Waals surface area contributed by atoms with Gasteiger partial charge in [-0.1, -0.05) is 29.5 Å². The van der Waals surface area contributed by atoms with E-state index in [1.54, 1.807) is 18.2 Å². The van der Waals surface area contributed by atoms with Crippen LogP contribution in [0.5, 0.6) is 0 Å². The largest absolute Gasteiger partial charge is 0.325 e. The molecule has 3 aromatic carbocycles. The van der Waals surface area contributed by atoms with Gasteiger partial charge in [-0.3, -0.25) is 14.4 Å². The first kappa shape index (κ1) is 28.9. The molecule has 1 aliphatic heterocycles. The molecule has 0 bridgehead atoms. The summed E-state index contributed by atoms with van der Waals surface area (Å²) < 4.78 is 3.83. The minimum atomic E-state index is -0.416. The summed E-state index contributed by atoms with van der Waals surface area (Å²) in [5, 5.41) is 2.68. The van der Waals surface area contributed by atoms with Crippen LogP contribution in [0.2, 0.25) is 0 Å². The zero-order chi connectivity index (χ0) is 28.3. The molecule has 3 amide bonds. The van der Waals surface area contributed by atoms with E-state index in [0.717, 1.165) is 36.9 Å². The standard InChI is InChI=1S/C27H19Br4N3O3S2/c1-10-7-11(2)23(12(3)8-10)33-24(35)13(4)38-27-32-15-6-5-14(9-16(15)39-27)34-25(36)17-18(26(34)37)20(29)22(31)21(30)19(17)28/h5-9,13H,1-4H3,(H,33,35)/t13-/m1/s1. The average Bonchev–Trinajstić information content (AvgIpc) is 3.39. The second-order valence-corrected chi connectivity index (χ2v) is 14.9. The number of aryl methyl sites for hydroxylation is 3. The quantitative estimate of drug-likeness (QED) is 0.0942. The lowest BCUT2D eigenvalue weighted by Crippen LogP contribution is -2.29. The van der Waals surface area contributed by atoms with Gasteiger partial charge < -0.3 is 5.32 Å². The smallest absolute Gasteiger partial charge is 0.267 e. The van der Waals surface area contributed by atoms with E-state index < -0.39 is 11.8 Å². The number of carbonyl (C=O) groups excluding carboxylic acids is 3. The van der Waals surface area contributed by atoms with Crippen molar-refractivity contribution in [1.29, 1.82) is 0 Å². The number of thiazole rings is 1. The summed E-state index contributed by atoms with van der Waals surface area (Å²) in [5.74, 6) is -0.933. The maximum Gasteiger partial charge on any atom is 0.267 e. The molecule has 0 spiro atoms. The van der Waals surface area contributed by atoms with E-state index in [9.17, 15) is 14.4 Å². The second kappa shape index (κ2) is 11.0. The molecule has 1 N–H and O–H groups in total. The van der Waals surface area contributed by atoms with Gasteiger partial charge in [-0.2, -0.15) is 0 Å². The number of nitrogens with zero attached hydrogens (tertiary/aromatic N) is 2. The number of amides is 3. The third-order valence-electron chi connectivity index (χ3n) is 6.28. The summed E-state index contributed by atoms with van der Waals surface area (Å²) in [6, 6.07) is 9.38. The zero-order valence-electron chi connectivity index (χ0n) is 20.9. The number of fused-ring (bicyclic) bond motifs is 2. The highest BCUT2D eigenvalue weighted by molar-refractivity contribution is 9.15. The van der Waals surface area contributed by atoms with E-state index in [2.05, 4.69) is 86.2 Å². The van der Waals surface area contributed by atoms with Crippen LogP contribution < -0.4 is 10.2 Å². The van der Waals surface area contributed by atoms with Gasteiger partial charge in [0.2, 0.25) is 5.91 Å². The Bertz CT molecular complexity index is 1670. The van der Waals surface area contributed by atoms with Crippen molar-refractivity contribution in [2.45, 2.75) is 37.3 Å². The van der Waals surface area contributed by atoms with E-state index in [-0.39, 0.29) is 11.2 Å². The Kier molecular flexibility index (Phi) is 8.17. The highest BCUT2D eigenvalue weighted by Gasteiger charge is 2.42. The third kappa shape index (κ3) is 5.17. The lowest BCUT2D eigenvalue weighted by molar-refractivity contribution is -0.115. The van der Waals surface area contributed by atoms with Crippen LogP contribution in [-0.4, -0.2) is 28.0 Å². The number of hydrogen-bond acceptors (Lipinski definition) is 6. The Hall–Kier alpha value is -1.57. The van der Waals surface area contributed by atoms with Crippen molar-refractivity contribution >= 4 is 126 Å². The second-order valence-electron chi connectivity index (χ2n) is 9.11. The van der Waals surface area contributed by atoms with E-state index in [1.165, 1.54) is 28.0 Å². The first-order valence-electron chi connectivity index (χ1n) is 11.6. The molecule has 6 nitrogen and oxygen atoms in total. The minimum Gasteiger partial charge on any atom is -0.325 e. The van der Waals surface area contributed by atoms with Crippen molar-refractivity contribution in [1.82, 2.24) is 4.98 Å². The highest BCUT2D eigenvalue weighted by Crippen LogP contribution is 2.46. The van der Waals surface area contributed by atoms with Gasteiger partial charge in [0.25, 0.3) is 11.8 Å². The van der Waals surface area contributed by atoms with Crippen molar-refractivity contribution in [2.75, 3.05) is 10.2 Å². The van der Waals surface area contributed by atoms with Crippen molar-refractivity contribution < 1.29 is 14.4 Å². The van der Waals surface area contributed by atoms with Crippen molar-refractivity contribution in [3.8, 4) is 0 Å². The Morgan fingerprint density at radius 1 is 0.923 bits per heavy atom. The molecular formula is C27H19Br4N3O3S2. The van der Waals surface area contributed by atoms with Crippen LogP contribution in [0.3, 0.4) is 0 Å². The van der Waals surface area contributed by atoms with E-state index in [1.807, 2.05) is 27.7 Å². The lowest BCUT2D eigenvalue weighted by Gasteiger charge is -2.15. The van der Waals surface area contributed by atoms with Gasteiger partial charge in [0.05, 0.1) is 32.3 Å². The van der Waals surface area contributed by atoms with Crippen LogP contribution in [0.25, 0.3) is 10.2 Å². The molecule has 0 saturated heterocycles. The molecule has 4 aromatic rings. The predicted octanol–water partition coefficient (Wildman–Crippen LogP) is 9.19. The van der Waals surface area contributed by atoms with Crippen LogP contribution in [0.4, 0.5) is 11.4 Å². The molecule has 1 aliphatic rings. The first-order valence-corrected chi connectivity index (χ1v) is 16.5. The topological polar surface area (TPSA) is 79.4 Å². The van der Waals surface area contributed by atoms with Gasteiger partial charge in [-0.05, 0) is 121 Å². The molecule has 0 saturated carbocycles. The first-order chi connectivity index (χ1) is 18.4. The van der Waals surface area contributed by atoms with E-state index in [4.69, 9.17) is 0 Å². The summed E-state index contributed by atoms with van der Waals surface area (Å²) in [5.41, 5.74) is 5.81. The van der Waals surface area contributed by atoms with Crippen LogP contribution in [0.15, 0.2) is 52.6 Å². The Morgan fingerprint density at radius 2 is 1.49 bits per heavy atom. The molecule has 0 aliphatic carbocycles. The summed E-state index contributed by atoms with van der Waals surface area (Å²) in [6.07, 6.45) is 0. The van der Waals surface area contributed by atoms with Crippen molar-refractivity contribution in [3.05, 3.63) is 76.0 Å². The Balaban J connectivity index is 1.39. The molecular weight excluding hydrogens is 798 g/mol. The number of imide groups is 1. The molecule has 5 rings (SSSR count). The summed E-state index contributed by atoms with van der Waals surface area (Å²) in [7, 11) is 0. The molecule has 2 heterocycles. The van der Waals surface area contributed by atoms with Gasteiger partial charge in [-0.15, -0.1) is 11.3 Å². The SMILES string of the molecule is Cc1cc(C)c(NC(=O)[C@@H](C)Sc2nc3ccc(N4C(=O)c5c(Br)c(Br)c(Br)c(Br)c5C4=O)cc3s2)c(C)c1. The molecule has 200 valence electrons. The van der Waals surface area contributed by atoms with Gasteiger partial charge >= 0.3 is 0 Å². The normalized spacial score (nSPS) is 13.8. The highest BCUT2D eigenvalue weighted by atomic mass is 79.9. The fraction of sp³-hybridized carbons (Fsp3) is 0.185. The maximum atomic E-state index is 13.4. The summed E-state index contributed by atoms with van der Waals surface area (Å²) in [4.78, 5) is 45.6. The molecule has 39 heavy (non-hydrogen) atoms. The summed E-state index contributed by atoms with van der Waals surface area (Å²) >= 11 is 16.6. The zero-order valence-corrected chi connectivity index (χ0v) is 28.9. The number of rotatable bonds is 5. The van der Waals surface area contributed by atoms with E-state index >= 15 is 0 Å². The molecule has 1 aromatic heterocycles. The molecule has 0 fully saturated rings. The van der Waals surface area contributed by atoms with Crippen LogP contribution >= 0.6 is 86.8 Å². The number of thioether (sulfide) groups is 1. The maximum absolute atomic E-state index is 13.4. The fourth-order valence-corrected chi connectivity index (χ4v) is 9.17. The van der Waals surface area contributed by atoms with Crippen LogP contribution in [0.1, 0.15) is 44.3 Å². The molecule has 0 radical (unpaired) electrons. The van der Waals surface area contributed by atoms with Gasteiger partial charge in [0, 0.05) is 23.6 Å². The Labute approximate surface area is 266 Å². The van der Waals surface area contributed by atoms with Crippen LogP contribution in [0, 0.1) is 20.8 Å². The van der Waals surface area contributed by atoms with Gasteiger partial charge in [0.15, 0.2) is 4.34 Å². The summed E-state index contributed by atoms with van der Waals surface area (Å²) in [6.45, 7) is 7.86. The van der Waals surface area contributed by atoms with Gasteiger partial charge in [0.1, 0.15) is 0 Å². The molecule has 0 unspecified atom stereocenters. The molecule has 12 heteroatoms. The number of carbonyl (C=O) groups is 3. The van der Waals surface area contributed by atoms with Crippen molar-refractivity contribution in [3.63, 3.8) is 0 Å². The van der Waals surface area contributed by atoms with Crippen LogP contribution in [-0.2, 0) is 4.79 Å².